The molecule has 1 rings (SSSR count). The van der Waals surface area contributed by atoms with Gasteiger partial charge in [-0.1, -0.05) is 37.3 Å². The van der Waals surface area contributed by atoms with Crippen LogP contribution in [0.1, 0.15) is 12.5 Å². The standard InChI is InChI=1S/C9H11O.K/c1-9(2,10)8-6-4-3-5-7-8;/h3-7,10H,1H2,2H3;/q-1;+1. The van der Waals surface area contributed by atoms with E-state index in [0.717, 1.165) is 5.56 Å². The maximum atomic E-state index is 9.38. The van der Waals surface area contributed by atoms with Gasteiger partial charge in [0.25, 0.3) is 0 Å². The van der Waals surface area contributed by atoms with Crippen LogP contribution in [0.2, 0.25) is 0 Å². The molecule has 2 heteroatoms. The molecule has 1 nitrogen and oxygen atoms in total. The molecule has 0 aromatic heterocycles. The fraction of sp³-hybridized carbons (Fsp3) is 0.222. The van der Waals surface area contributed by atoms with Crippen molar-refractivity contribution >= 4 is 0 Å². The molecule has 11 heavy (non-hydrogen) atoms. The molecule has 1 unspecified atom stereocenters. The van der Waals surface area contributed by atoms with Crippen molar-refractivity contribution in [1.82, 2.24) is 0 Å². The second-order valence-corrected chi connectivity index (χ2v) is 2.64. The quantitative estimate of drug-likeness (QED) is 0.416. The minimum atomic E-state index is -0.957. The number of rotatable bonds is 1. The Morgan fingerprint density at radius 1 is 1.27 bits per heavy atom. The van der Waals surface area contributed by atoms with Crippen LogP contribution in [-0.4, -0.2) is 5.11 Å². The van der Waals surface area contributed by atoms with Gasteiger partial charge in [-0.2, -0.15) is 0 Å². The molecule has 0 amide bonds. The van der Waals surface area contributed by atoms with Crippen LogP contribution in [0.15, 0.2) is 30.3 Å². The van der Waals surface area contributed by atoms with Gasteiger partial charge in [0.1, 0.15) is 0 Å². The number of benzene rings is 1. The maximum Gasteiger partial charge on any atom is 1.00 e. The van der Waals surface area contributed by atoms with Crippen LogP contribution in [0.4, 0.5) is 0 Å². The molecule has 1 atom stereocenters. The van der Waals surface area contributed by atoms with Gasteiger partial charge >= 0.3 is 51.4 Å². The molecule has 54 valence electrons. The monoisotopic (exact) mass is 174 g/mol. The number of aliphatic hydroxyl groups is 1. The van der Waals surface area contributed by atoms with Crippen LogP contribution in [0.5, 0.6) is 0 Å². The van der Waals surface area contributed by atoms with E-state index >= 15 is 0 Å². The van der Waals surface area contributed by atoms with Gasteiger partial charge in [-0.3, -0.25) is 0 Å². The summed E-state index contributed by atoms with van der Waals surface area (Å²) in [6, 6.07) is 9.39. The van der Waals surface area contributed by atoms with Crippen LogP contribution in [0.3, 0.4) is 0 Å². The van der Waals surface area contributed by atoms with Gasteiger partial charge in [0.15, 0.2) is 0 Å². The second kappa shape index (κ2) is 4.75. The Kier molecular flexibility index (Phi) is 5.10. The third kappa shape index (κ3) is 3.83. The molecule has 0 fully saturated rings. The summed E-state index contributed by atoms with van der Waals surface area (Å²) in [6.45, 7) is 5.27. The minimum Gasteiger partial charge on any atom is -0.418 e. The van der Waals surface area contributed by atoms with Gasteiger partial charge in [0.2, 0.25) is 0 Å². The van der Waals surface area contributed by atoms with E-state index in [9.17, 15) is 5.11 Å². The van der Waals surface area contributed by atoms with Crippen molar-refractivity contribution in [2.75, 3.05) is 0 Å². The summed E-state index contributed by atoms with van der Waals surface area (Å²) in [5.41, 5.74) is -0.114. The normalized spacial score (nSPS) is 14.8. The summed E-state index contributed by atoms with van der Waals surface area (Å²) in [6.07, 6.45) is 0. The SMILES string of the molecule is [CH2-]C(C)(O)c1ccccc1.[K+]. The molecule has 0 radical (unpaired) electrons. The minimum absolute atomic E-state index is 0. The molecule has 1 aromatic rings. The van der Waals surface area contributed by atoms with Crippen LogP contribution in [0.25, 0.3) is 0 Å². The topological polar surface area (TPSA) is 20.2 Å². The van der Waals surface area contributed by atoms with E-state index in [1.165, 1.54) is 0 Å². The van der Waals surface area contributed by atoms with Crippen LogP contribution in [-0.2, 0) is 5.60 Å². The first-order valence-electron chi connectivity index (χ1n) is 3.24. The van der Waals surface area contributed by atoms with Gasteiger partial charge in [0.05, 0.1) is 0 Å². The van der Waals surface area contributed by atoms with Gasteiger partial charge in [-0.15, -0.1) is 0 Å². The predicted molar refractivity (Wildman–Crippen MR) is 41.4 cm³/mol. The summed E-state index contributed by atoms with van der Waals surface area (Å²) in [5, 5.41) is 9.38. The first kappa shape index (κ1) is 11.8. The van der Waals surface area contributed by atoms with Crippen molar-refractivity contribution in [3.8, 4) is 0 Å². The van der Waals surface area contributed by atoms with Crippen LogP contribution in [0, 0.1) is 6.92 Å². The predicted octanol–water partition coefficient (Wildman–Crippen LogP) is -1.27. The Labute approximate surface area is 110 Å². The molecule has 0 spiro atoms. The third-order valence-corrected chi connectivity index (χ3v) is 1.40. The Hall–Kier alpha value is 0.816. The zero-order valence-corrected chi connectivity index (χ0v) is 10.2. The van der Waals surface area contributed by atoms with Crippen molar-refractivity contribution in [2.24, 2.45) is 0 Å². The van der Waals surface area contributed by atoms with Crippen LogP contribution < -0.4 is 51.4 Å². The zero-order valence-electron chi connectivity index (χ0n) is 7.04. The van der Waals surface area contributed by atoms with E-state index in [1.54, 1.807) is 6.92 Å². The molecule has 0 heterocycles. The van der Waals surface area contributed by atoms with E-state index in [1.807, 2.05) is 30.3 Å². The van der Waals surface area contributed by atoms with Crippen molar-refractivity contribution in [3.05, 3.63) is 42.8 Å². The maximum absolute atomic E-state index is 9.38. The van der Waals surface area contributed by atoms with E-state index in [0.29, 0.717) is 0 Å². The summed E-state index contributed by atoms with van der Waals surface area (Å²) in [5.74, 6) is 0. The first-order valence-corrected chi connectivity index (χ1v) is 3.24. The Balaban J connectivity index is 0.000001000. The van der Waals surface area contributed by atoms with E-state index in [-0.39, 0.29) is 51.4 Å². The van der Waals surface area contributed by atoms with Gasteiger partial charge in [0, 0.05) is 0 Å². The molecule has 0 aliphatic rings. The molecule has 0 saturated heterocycles. The average molecular weight is 174 g/mol. The van der Waals surface area contributed by atoms with Crippen molar-refractivity contribution in [3.63, 3.8) is 0 Å². The molecule has 0 aliphatic heterocycles. The summed E-state index contributed by atoms with van der Waals surface area (Å²) < 4.78 is 0. The van der Waals surface area contributed by atoms with Crippen molar-refractivity contribution in [2.45, 2.75) is 12.5 Å². The van der Waals surface area contributed by atoms with Crippen molar-refractivity contribution < 1.29 is 56.5 Å². The molecule has 1 N–H and O–H groups in total. The average Bonchev–Trinajstić information content (AvgIpc) is 1.88. The smallest absolute Gasteiger partial charge is 0.418 e. The van der Waals surface area contributed by atoms with E-state index < -0.39 is 5.60 Å². The Morgan fingerprint density at radius 2 is 1.73 bits per heavy atom. The first-order chi connectivity index (χ1) is 4.61. The fourth-order valence-corrected chi connectivity index (χ4v) is 0.797. The second-order valence-electron chi connectivity index (χ2n) is 2.64. The van der Waals surface area contributed by atoms with Gasteiger partial charge < -0.3 is 12.0 Å². The van der Waals surface area contributed by atoms with E-state index in [4.69, 9.17) is 0 Å². The van der Waals surface area contributed by atoms with Crippen molar-refractivity contribution in [1.29, 1.82) is 0 Å². The molecular formula is C9H11KO. The fourth-order valence-electron chi connectivity index (χ4n) is 0.797. The zero-order chi connectivity index (χ0) is 7.61. The molecule has 0 bridgehead atoms. The number of hydrogen-bond acceptors (Lipinski definition) is 1. The summed E-state index contributed by atoms with van der Waals surface area (Å²) in [7, 11) is 0. The molecule has 0 aliphatic carbocycles. The Bertz CT molecular complexity index is 201. The number of hydrogen-bond donors (Lipinski definition) is 1. The van der Waals surface area contributed by atoms with Crippen LogP contribution >= 0.6 is 0 Å². The third-order valence-electron chi connectivity index (χ3n) is 1.40. The van der Waals surface area contributed by atoms with Gasteiger partial charge in [-0.25, -0.2) is 0 Å². The summed E-state index contributed by atoms with van der Waals surface area (Å²) >= 11 is 0. The van der Waals surface area contributed by atoms with Gasteiger partial charge in [-0.05, 0) is 11.2 Å². The molecule has 0 saturated carbocycles. The van der Waals surface area contributed by atoms with E-state index in [2.05, 4.69) is 6.92 Å². The Morgan fingerprint density at radius 3 is 2.00 bits per heavy atom. The summed E-state index contributed by atoms with van der Waals surface area (Å²) in [4.78, 5) is 0. The molecule has 1 aromatic carbocycles. The molecular weight excluding hydrogens is 163 g/mol. The largest absolute Gasteiger partial charge is 1.00 e.